The van der Waals surface area contributed by atoms with Crippen LogP contribution in [0, 0.1) is 3.57 Å². The fourth-order valence-corrected chi connectivity index (χ4v) is 3.53. The van der Waals surface area contributed by atoms with Crippen LogP contribution in [0.3, 0.4) is 0 Å². The number of nitrogens with zero attached hydrogens (tertiary/aromatic N) is 1. The van der Waals surface area contributed by atoms with Gasteiger partial charge in [0.2, 0.25) is 0 Å². The smallest absolute Gasteiger partial charge is 0.256 e. The van der Waals surface area contributed by atoms with Gasteiger partial charge in [-0.3, -0.25) is 4.79 Å². The Labute approximate surface area is 150 Å². The second kappa shape index (κ2) is 7.21. The van der Waals surface area contributed by atoms with Crippen molar-refractivity contribution in [3.05, 3.63) is 51.6 Å². The minimum atomic E-state index is -0.0983. The lowest BCUT2D eigenvalue weighted by molar-refractivity contribution is 0.102. The van der Waals surface area contributed by atoms with Gasteiger partial charge >= 0.3 is 0 Å². The first kappa shape index (κ1) is 16.1. The Morgan fingerprint density at radius 2 is 1.83 bits per heavy atom. The molecule has 2 aromatic carbocycles. The molecule has 0 bridgehead atoms. The van der Waals surface area contributed by atoms with Gasteiger partial charge in [0, 0.05) is 22.3 Å². The molecule has 0 unspecified atom stereocenters. The van der Waals surface area contributed by atoms with E-state index in [0.717, 1.165) is 28.0 Å². The van der Waals surface area contributed by atoms with Crippen LogP contribution in [-0.4, -0.2) is 19.0 Å². The summed E-state index contributed by atoms with van der Waals surface area (Å²) >= 11 is 2.18. The van der Waals surface area contributed by atoms with Crippen LogP contribution in [0.15, 0.2) is 42.5 Å². The maximum atomic E-state index is 12.6. The van der Waals surface area contributed by atoms with E-state index in [0.29, 0.717) is 11.3 Å². The molecule has 23 heavy (non-hydrogen) atoms. The van der Waals surface area contributed by atoms with Crippen molar-refractivity contribution in [3.8, 4) is 0 Å². The van der Waals surface area contributed by atoms with E-state index in [4.69, 9.17) is 5.73 Å². The van der Waals surface area contributed by atoms with E-state index in [1.807, 2.05) is 42.5 Å². The third-order valence-corrected chi connectivity index (χ3v) is 5.02. The lowest BCUT2D eigenvalue weighted by Gasteiger charge is -2.30. The highest BCUT2D eigenvalue weighted by atomic mass is 127. The third-order valence-electron chi connectivity index (χ3n) is 4.08. The van der Waals surface area contributed by atoms with Crippen molar-refractivity contribution < 1.29 is 4.79 Å². The van der Waals surface area contributed by atoms with Crippen molar-refractivity contribution in [1.82, 2.24) is 0 Å². The number of piperidine rings is 1. The van der Waals surface area contributed by atoms with E-state index in [9.17, 15) is 4.79 Å². The summed E-state index contributed by atoms with van der Waals surface area (Å²) in [6, 6.07) is 13.3. The van der Waals surface area contributed by atoms with Gasteiger partial charge in [-0.1, -0.05) is 12.1 Å². The first-order chi connectivity index (χ1) is 11.1. The fourth-order valence-electron chi connectivity index (χ4n) is 2.90. The number of halogens is 1. The molecule has 2 aromatic rings. The molecule has 0 atom stereocenters. The SMILES string of the molecule is Nc1ccc(N2CCCCC2)c(NC(=O)c2ccccc2I)c1. The van der Waals surface area contributed by atoms with Crippen LogP contribution in [0.5, 0.6) is 0 Å². The van der Waals surface area contributed by atoms with Gasteiger partial charge in [0.15, 0.2) is 0 Å². The van der Waals surface area contributed by atoms with Gasteiger partial charge in [-0.05, 0) is 72.2 Å². The summed E-state index contributed by atoms with van der Waals surface area (Å²) in [6.07, 6.45) is 3.65. The molecule has 1 saturated heterocycles. The van der Waals surface area contributed by atoms with E-state index in [1.54, 1.807) is 0 Å². The van der Waals surface area contributed by atoms with Gasteiger partial charge in [0.05, 0.1) is 16.9 Å². The first-order valence-corrected chi connectivity index (χ1v) is 8.93. The number of carbonyl (C=O) groups excluding carboxylic acids is 1. The number of nitrogens with one attached hydrogen (secondary N) is 1. The van der Waals surface area contributed by atoms with E-state index >= 15 is 0 Å². The first-order valence-electron chi connectivity index (χ1n) is 7.85. The van der Waals surface area contributed by atoms with E-state index < -0.39 is 0 Å². The van der Waals surface area contributed by atoms with E-state index in [1.165, 1.54) is 19.3 Å². The van der Waals surface area contributed by atoms with Crippen LogP contribution in [0.2, 0.25) is 0 Å². The zero-order valence-corrected chi connectivity index (χ0v) is 15.0. The summed E-state index contributed by atoms with van der Waals surface area (Å²) in [6.45, 7) is 2.05. The number of rotatable bonds is 3. The molecule has 120 valence electrons. The third kappa shape index (κ3) is 3.77. The fraction of sp³-hybridized carbons (Fsp3) is 0.278. The lowest BCUT2D eigenvalue weighted by atomic mass is 10.1. The molecule has 1 amide bonds. The summed E-state index contributed by atoms with van der Waals surface area (Å²) < 4.78 is 0.936. The van der Waals surface area contributed by atoms with Crippen LogP contribution in [0.25, 0.3) is 0 Å². The summed E-state index contributed by atoms with van der Waals surface area (Å²) in [5.41, 5.74) is 9.11. The number of anilines is 3. The van der Waals surface area contributed by atoms with Crippen molar-refractivity contribution in [2.75, 3.05) is 29.0 Å². The molecular formula is C18H20IN3O. The van der Waals surface area contributed by atoms with Gasteiger partial charge in [-0.15, -0.1) is 0 Å². The highest BCUT2D eigenvalue weighted by Crippen LogP contribution is 2.31. The highest BCUT2D eigenvalue weighted by Gasteiger charge is 2.17. The molecule has 3 rings (SSSR count). The standard InChI is InChI=1S/C18H20IN3O/c19-15-7-3-2-6-14(15)18(23)21-16-12-13(20)8-9-17(16)22-10-4-1-5-11-22/h2-3,6-9,12H,1,4-5,10-11,20H2,(H,21,23). The van der Waals surface area contributed by atoms with Gasteiger partial charge in [-0.25, -0.2) is 0 Å². The molecule has 0 radical (unpaired) electrons. The van der Waals surface area contributed by atoms with E-state index in [2.05, 4.69) is 32.8 Å². The summed E-state index contributed by atoms with van der Waals surface area (Å²) in [4.78, 5) is 14.9. The maximum absolute atomic E-state index is 12.6. The second-order valence-electron chi connectivity index (χ2n) is 5.76. The van der Waals surface area contributed by atoms with Gasteiger partial charge in [0.25, 0.3) is 5.91 Å². The molecule has 1 aliphatic rings. The van der Waals surface area contributed by atoms with Crippen molar-refractivity contribution in [1.29, 1.82) is 0 Å². The van der Waals surface area contributed by atoms with Crippen molar-refractivity contribution in [2.45, 2.75) is 19.3 Å². The highest BCUT2D eigenvalue weighted by molar-refractivity contribution is 14.1. The molecule has 0 saturated carbocycles. The van der Waals surface area contributed by atoms with Gasteiger partial charge in [-0.2, -0.15) is 0 Å². The molecule has 1 fully saturated rings. The monoisotopic (exact) mass is 421 g/mol. The Kier molecular flexibility index (Phi) is 5.05. The van der Waals surface area contributed by atoms with Crippen molar-refractivity contribution >= 4 is 45.6 Å². The minimum Gasteiger partial charge on any atom is -0.399 e. The van der Waals surface area contributed by atoms with Gasteiger partial charge in [0.1, 0.15) is 0 Å². The molecular weight excluding hydrogens is 401 g/mol. The molecule has 1 aliphatic heterocycles. The summed E-state index contributed by atoms with van der Waals surface area (Å²) in [7, 11) is 0. The summed E-state index contributed by atoms with van der Waals surface area (Å²) in [5, 5.41) is 3.04. The predicted octanol–water partition coefficient (Wildman–Crippen LogP) is 4.12. The van der Waals surface area contributed by atoms with Crippen LogP contribution in [0.1, 0.15) is 29.6 Å². The van der Waals surface area contributed by atoms with E-state index in [-0.39, 0.29) is 5.91 Å². The molecule has 0 aromatic heterocycles. The van der Waals surface area contributed by atoms with Crippen LogP contribution in [-0.2, 0) is 0 Å². The van der Waals surface area contributed by atoms with Crippen LogP contribution < -0.4 is 16.0 Å². The van der Waals surface area contributed by atoms with Crippen LogP contribution in [0.4, 0.5) is 17.1 Å². The number of benzene rings is 2. The van der Waals surface area contributed by atoms with Gasteiger partial charge < -0.3 is 16.0 Å². The largest absolute Gasteiger partial charge is 0.399 e. The molecule has 0 spiro atoms. The quantitative estimate of drug-likeness (QED) is 0.579. The Hall–Kier alpha value is -1.76. The normalized spacial score (nSPS) is 14.6. The molecule has 5 heteroatoms. The average molecular weight is 421 g/mol. The van der Waals surface area contributed by atoms with Crippen molar-refractivity contribution in [2.24, 2.45) is 0 Å². The van der Waals surface area contributed by atoms with Crippen LogP contribution >= 0.6 is 22.6 Å². The minimum absolute atomic E-state index is 0.0983. The second-order valence-corrected chi connectivity index (χ2v) is 6.92. The zero-order valence-electron chi connectivity index (χ0n) is 12.9. The Balaban J connectivity index is 1.88. The van der Waals surface area contributed by atoms with Crippen molar-refractivity contribution in [3.63, 3.8) is 0 Å². The number of hydrogen-bond donors (Lipinski definition) is 2. The Morgan fingerprint density at radius 3 is 2.57 bits per heavy atom. The molecule has 3 N–H and O–H groups in total. The Morgan fingerprint density at radius 1 is 1.09 bits per heavy atom. The number of nitrogen functional groups attached to an aromatic ring is 1. The number of nitrogens with two attached hydrogens (primary N) is 1. The Bertz CT molecular complexity index is 711. The number of carbonyl (C=O) groups is 1. The molecule has 4 nitrogen and oxygen atoms in total. The molecule has 1 heterocycles. The maximum Gasteiger partial charge on any atom is 0.256 e. The average Bonchev–Trinajstić information content (AvgIpc) is 2.56. The lowest BCUT2D eigenvalue weighted by Crippen LogP contribution is -2.30. The topological polar surface area (TPSA) is 58.4 Å². The zero-order chi connectivity index (χ0) is 16.2. The number of hydrogen-bond acceptors (Lipinski definition) is 3. The predicted molar refractivity (Wildman–Crippen MR) is 104 cm³/mol. The molecule has 0 aliphatic carbocycles. The number of amides is 1. The summed E-state index contributed by atoms with van der Waals surface area (Å²) in [5.74, 6) is -0.0983.